The molecule has 0 amide bonds. The number of ether oxygens (including phenoxy) is 1. The van der Waals surface area contributed by atoms with Crippen molar-refractivity contribution in [1.29, 1.82) is 0 Å². The first-order chi connectivity index (χ1) is 10.0. The SMILES string of the molecule is CCOc1ccc2ccccc2c1.O=[SH](=O)NCB(O)O. The number of rotatable bonds is 5. The monoisotopic (exact) mass is 311 g/mol. The van der Waals surface area contributed by atoms with Gasteiger partial charge in [0.25, 0.3) is 0 Å². The molecule has 0 saturated heterocycles. The van der Waals surface area contributed by atoms with Crippen LogP contribution in [-0.2, 0) is 10.9 Å². The molecule has 0 atom stereocenters. The summed E-state index contributed by atoms with van der Waals surface area (Å²) in [5.74, 6) is 0.946. The highest BCUT2D eigenvalue weighted by molar-refractivity contribution is 7.70. The van der Waals surface area contributed by atoms with Crippen LogP contribution in [-0.4, -0.2) is 38.6 Å². The molecule has 114 valence electrons. The minimum absolute atomic E-state index is 0.349. The molecule has 0 spiro atoms. The topological polar surface area (TPSA) is 95.9 Å². The molecule has 6 nitrogen and oxygen atoms in total. The molecule has 3 N–H and O–H groups in total. The van der Waals surface area contributed by atoms with Gasteiger partial charge < -0.3 is 14.8 Å². The van der Waals surface area contributed by atoms with Crippen molar-refractivity contribution in [3.05, 3.63) is 42.5 Å². The zero-order chi connectivity index (χ0) is 15.7. The summed E-state index contributed by atoms with van der Waals surface area (Å²) in [5.41, 5.74) is 0. The molecule has 21 heavy (non-hydrogen) atoms. The van der Waals surface area contributed by atoms with E-state index in [4.69, 9.17) is 14.8 Å². The quantitative estimate of drug-likeness (QED) is 0.472. The van der Waals surface area contributed by atoms with Crippen molar-refractivity contribution in [3.8, 4) is 5.75 Å². The van der Waals surface area contributed by atoms with Gasteiger partial charge >= 0.3 is 7.12 Å². The molecule has 2 aromatic rings. The fourth-order valence-corrected chi connectivity index (χ4v) is 1.89. The molecule has 0 fully saturated rings. The first-order valence-electron chi connectivity index (χ1n) is 6.38. The lowest BCUT2D eigenvalue weighted by molar-refractivity contribution is 0.341. The molecule has 0 heterocycles. The maximum absolute atomic E-state index is 9.61. The Morgan fingerprint density at radius 1 is 1.14 bits per heavy atom. The fourth-order valence-electron chi connectivity index (χ4n) is 1.58. The van der Waals surface area contributed by atoms with Crippen LogP contribution in [0.3, 0.4) is 0 Å². The molecule has 0 bridgehead atoms. The lowest BCUT2D eigenvalue weighted by Crippen LogP contribution is -2.29. The summed E-state index contributed by atoms with van der Waals surface area (Å²) in [6.07, 6.45) is -0.349. The Morgan fingerprint density at radius 3 is 2.33 bits per heavy atom. The van der Waals surface area contributed by atoms with E-state index in [2.05, 4.69) is 24.3 Å². The van der Waals surface area contributed by atoms with E-state index in [-0.39, 0.29) is 6.44 Å². The van der Waals surface area contributed by atoms with Crippen LogP contribution in [0.2, 0.25) is 0 Å². The predicted molar refractivity (Wildman–Crippen MR) is 83.6 cm³/mol. The van der Waals surface area contributed by atoms with Gasteiger partial charge in [-0.05, 0) is 29.8 Å². The molecular formula is C13H18BNO5S. The van der Waals surface area contributed by atoms with Gasteiger partial charge in [-0.25, -0.2) is 13.1 Å². The number of benzene rings is 2. The van der Waals surface area contributed by atoms with E-state index in [0.29, 0.717) is 0 Å². The maximum atomic E-state index is 9.61. The Hall–Kier alpha value is -1.61. The molecule has 8 heteroatoms. The highest BCUT2D eigenvalue weighted by atomic mass is 32.2. The smallest absolute Gasteiger partial charge is 0.467 e. The van der Waals surface area contributed by atoms with Gasteiger partial charge in [-0.1, -0.05) is 30.3 Å². The van der Waals surface area contributed by atoms with Crippen LogP contribution in [0.25, 0.3) is 10.8 Å². The number of hydrogen-bond donors (Lipinski definition) is 4. The van der Waals surface area contributed by atoms with E-state index in [0.717, 1.165) is 12.4 Å². The van der Waals surface area contributed by atoms with Crippen molar-refractivity contribution in [2.45, 2.75) is 6.92 Å². The molecule has 0 unspecified atom stereocenters. The van der Waals surface area contributed by atoms with E-state index >= 15 is 0 Å². The van der Waals surface area contributed by atoms with Gasteiger partial charge in [0.15, 0.2) is 0 Å². The Kier molecular flexibility index (Phi) is 7.77. The maximum Gasteiger partial charge on any atom is 0.467 e. The molecule has 0 aliphatic heterocycles. The number of thiol groups is 1. The Labute approximate surface area is 125 Å². The summed E-state index contributed by atoms with van der Waals surface area (Å²) in [5, 5.41) is 18.5. The zero-order valence-corrected chi connectivity index (χ0v) is 12.5. The van der Waals surface area contributed by atoms with Crippen LogP contribution in [0.1, 0.15) is 6.92 Å². The first kappa shape index (κ1) is 17.4. The van der Waals surface area contributed by atoms with Gasteiger partial charge in [0.05, 0.1) is 6.61 Å². The normalized spacial score (nSPS) is 10.1. The first-order valence-corrected chi connectivity index (χ1v) is 7.56. The van der Waals surface area contributed by atoms with Gasteiger partial charge in [-0.3, -0.25) is 0 Å². The van der Waals surface area contributed by atoms with Crippen LogP contribution in [0.15, 0.2) is 42.5 Å². The number of nitrogens with one attached hydrogen (secondary N) is 1. The van der Waals surface area contributed by atoms with Gasteiger partial charge in [0.1, 0.15) is 5.75 Å². The van der Waals surface area contributed by atoms with Gasteiger partial charge in [0.2, 0.25) is 10.9 Å². The van der Waals surface area contributed by atoms with Crippen molar-refractivity contribution < 1.29 is 23.2 Å². The van der Waals surface area contributed by atoms with Crippen molar-refractivity contribution in [1.82, 2.24) is 4.72 Å². The second-order valence-electron chi connectivity index (χ2n) is 4.04. The third-order valence-corrected chi connectivity index (χ3v) is 2.88. The predicted octanol–water partition coefficient (Wildman–Crippen LogP) is 0.353. The lowest BCUT2D eigenvalue weighted by atomic mass is 9.94. The fraction of sp³-hybridized carbons (Fsp3) is 0.231. The zero-order valence-electron chi connectivity index (χ0n) is 11.6. The minimum atomic E-state index is -2.70. The van der Waals surface area contributed by atoms with Gasteiger partial charge in [-0.15, -0.1) is 0 Å². The van der Waals surface area contributed by atoms with Gasteiger partial charge in [-0.2, -0.15) is 0 Å². The van der Waals surface area contributed by atoms with Crippen LogP contribution in [0.4, 0.5) is 0 Å². The molecular weight excluding hydrogens is 293 g/mol. The molecule has 2 rings (SSSR count). The summed E-state index contributed by atoms with van der Waals surface area (Å²) in [6, 6.07) is 14.4. The lowest BCUT2D eigenvalue weighted by Gasteiger charge is -2.03. The Balaban J connectivity index is 0.000000240. The van der Waals surface area contributed by atoms with Crippen molar-refractivity contribution in [3.63, 3.8) is 0 Å². The molecule has 0 aromatic heterocycles. The van der Waals surface area contributed by atoms with Gasteiger partial charge in [0, 0.05) is 6.44 Å². The second kappa shape index (κ2) is 9.35. The highest BCUT2D eigenvalue weighted by Crippen LogP contribution is 2.20. The largest absolute Gasteiger partial charge is 0.494 e. The Bertz CT molecular complexity index is 625. The van der Waals surface area contributed by atoms with Crippen LogP contribution >= 0.6 is 0 Å². The van der Waals surface area contributed by atoms with Crippen LogP contribution < -0.4 is 9.46 Å². The van der Waals surface area contributed by atoms with Crippen molar-refractivity contribution in [2.75, 3.05) is 13.1 Å². The highest BCUT2D eigenvalue weighted by Gasteiger charge is 2.03. The van der Waals surface area contributed by atoms with E-state index < -0.39 is 18.0 Å². The number of fused-ring (bicyclic) bond motifs is 1. The summed E-state index contributed by atoms with van der Waals surface area (Å²) < 4.78 is 26.4. The molecule has 0 radical (unpaired) electrons. The second-order valence-corrected chi connectivity index (χ2v) is 4.87. The minimum Gasteiger partial charge on any atom is -0.494 e. The van der Waals surface area contributed by atoms with E-state index in [1.54, 1.807) is 4.72 Å². The Morgan fingerprint density at radius 2 is 1.81 bits per heavy atom. The summed E-state index contributed by atoms with van der Waals surface area (Å²) in [4.78, 5) is 0. The summed E-state index contributed by atoms with van der Waals surface area (Å²) in [6.45, 7) is 2.72. The number of hydrogen-bond acceptors (Lipinski definition) is 5. The van der Waals surface area contributed by atoms with Crippen molar-refractivity contribution in [2.24, 2.45) is 0 Å². The molecule has 2 aromatic carbocycles. The van der Waals surface area contributed by atoms with E-state index in [9.17, 15) is 8.42 Å². The molecule has 0 saturated carbocycles. The third-order valence-electron chi connectivity index (χ3n) is 2.43. The summed E-state index contributed by atoms with van der Waals surface area (Å²) >= 11 is 0. The standard InChI is InChI=1S/C12H12O.CH6BNO4S/c1-2-13-12-8-7-10-5-3-4-6-11(10)9-12;4-2(5)1-3-8(6)7/h3-9H,2H2,1H3;4-5,8H,1H2,(H,3,6,7). The van der Waals surface area contributed by atoms with Crippen LogP contribution in [0, 0.1) is 0 Å². The van der Waals surface area contributed by atoms with E-state index in [1.807, 2.05) is 25.1 Å². The van der Waals surface area contributed by atoms with Crippen molar-refractivity contribution >= 4 is 28.8 Å². The third kappa shape index (κ3) is 7.10. The average Bonchev–Trinajstić information content (AvgIpc) is 2.46. The average molecular weight is 311 g/mol. The van der Waals surface area contributed by atoms with E-state index in [1.165, 1.54) is 10.8 Å². The van der Waals surface area contributed by atoms with Crippen LogP contribution in [0.5, 0.6) is 5.75 Å². The molecule has 0 aliphatic carbocycles. The summed E-state index contributed by atoms with van der Waals surface area (Å²) in [7, 11) is -4.31. The molecule has 0 aliphatic rings.